The SMILES string of the molecule is O=C(Nc1ccc2c(CN3CCCC3)cn(Cc3c(Cl)cccc3Cl)c2c1)Oc1ccccc1. The molecule has 0 spiro atoms. The van der Waals surface area contributed by atoms with E-state index in [1.807, 2.05) is 48.5 Å². The van der Waals surface area contributed by atoms with Gasteiger partial charge < -0.3 is 9.30 Å². The molecule has 0 atom stereocenters. The molecule has 0 aliphatic carbocycles. The van der Waals surface area contributed by atoms with Gasteiger partial charge in [0.05, 0.1) is 12.1 Å². The van der Waals surface area contributed by atoms with Crippen molar-refractivity contribution in [3.63, 3.8) is 0 Å². The Morgan fingerprint density at radius 2 is 1.65 bits per heavy atom. The standard InChI is InChI=1S/C27H25Cl2N3O2/c28-24-9-6-10-25(29)23(24)18-32-17-19(16-31-13-4-5-14-31)22-12-11-20(15-26(22)32)30-27(33)34-21-7-2-1-3-8-21/h1-3,6-12,15,17H,4-5,13-14,16,18H2,(H,30,33). The summed E-state index contributed by atoms with van der Waals surface area (Å²) in [5.41, 5.74) is 3.78. The fourth-order valence-electron chi connectivity index (χ4n) is 4.48. The first-order valence-corrected chi connectivity index (χ1v) is 12.1. The molecule has 1 aromatic heterocycles. The molecular weight excluding hydrogens is 469 g/mol. The number of nitrogens with one attached hydrogen (secondary N) is 1. The van der Waals surface area contributed by atoms with E-state index in [4.69, 9.17) is 27.9 Å². The molecule has 1 N–H and O–H groups in total. The van der Waals surface area contributed by atoms with Gasteiger partial charge in [-0.15, -0.1) is 0 Å². The van der Waals surface area contributed by atoms with Gasteiger partial charge in [0.1, 0.15) is 5.75 Å². The van der Waals surface area contributed by atoms with Crippen molar-refractivity contribution in [2.24, 2.45) is 0 Å². The Hall–Kier alpha value is -2.99. The van der Waals surface area contributed by atoms with Gasteiger partial charge in [0, 0.05) is 39.4 Å². The lowest BCUT2D eigenvalue weighted by molar-refractivity contribution is 0.215. The predicted octanol–water partition coefficient (Wildman–Crippen LogP) is 7.20. The number of fused-ring (bicyclic) bond motifs is 1. The van der Waals surface area contributed by atoms with Crippen LogP contribution in [0.5, 0.6) is 5.75 Å². The highest BCUT2D eigenvalue weighted by Gasteiger charge is 2.18. The van der Waals surface area contributed by atoms with Gasteiger partial charge in [0.15, 0.2) is 0 Å². The summed E-state index contributed by atoms with van der Waals surface area (Å²) in [6.45, 7) is 3.66. The van der Waals surface area contributed by atoms with Crippen LogP contribution in [0, 0.1) is 0 Å². The van der Waals surface area contributed by atoms with Crippen molar-refractivity contribution in [1.82, 2.24) is 9.47 Å². The molecule has 34 heavy (non-hydrogen) atoms. The van der Waals surface area contributed by atoms with Gasteiger partial charge in [0.2, 0.25) is 0 Å². The van der Waals surface area contributed by atoms with Crippen molar-refractivity contribution in [3.05, 3.63) is 94.1 Å². The Bertz CT molecular complexity index is 1290. The van der Waals surface area contributed by atoms with Gasteiger partial charge in [-0.05, 0) is 67.9 Å². The number of halogens is 2. The Morgan fingerprint density at radius 3 is 2.38 bits per heavy atom. The first kappa shape index (κ1) is 22.8. The molecule has 3 aromatic carbocycles. The number of anilines is 1. The molecule has 0 bridgehead atoms. The summed E-state index contributed by atoms with van der Waals surface area (Å²) in [6.07, 6.45) is 4.13. The zero-order chi connectivity index (χ0) is 23.5. The van der Waals surface area contributed by atoms with Crippen LogP contribution in [-0.2, 0) is 13.1 Å². The van der Waals surface area contributed by atoms with Gasteiger partial charge in [-0.3, -0.25) is 10.2 Å². The van der Waals surface area contributed by atoms with Crippen molar-refractivity contribution in [2.75, 3.05) is 18.4 Å². The van der Waals surface area contributed by atoms with Gasteiger partial charge in [-0.2, -0.15) is 0 Å². The largest absolute Gasteiger partial charge is 0.417 e. The number of carbonyl (C=O) groups is 1. The maximum Gasteiger partial charge on any atom is 0.417 e. The number of rotatable bonds is 6. The Balaban J connectivity index is 1.46. The highest BCUT2D eigenvalue weighted by atomic mass is 35.5. The highest BCUT2D eigenvalue weighted by molar-refractivity contribution is 6.36. The second-order valence-corrected chi connectivity index (χ2v) is 9.34. The fourth-order valence-corrected chi connectivity index (χ4v) is 4.99. The Kier molecular flexibility index (Phi) is 6.77. The average molecular weight is 494 g/mol. The first-order chi connectivity index (χ1) is 16.6. The molecule has 1 aliphatic rings. The number of carbonyl (C=O) groups excluding carboxylic acids is 1. The molecule has 5 nitrogen and oxygen atoms in total. The maximum absolute atomic E-state index is 12.4. The lowest BCUT2D eigenvalue weighted by Crippen LogP contribution is -2.18. The lowest BCUT2D eigenvalue weighted by Gasteiger charge is -2.13. The molecule has 1 saturated heterocycles. The summed E-state index contributed by atoms with van der Waals surface area (Å²) < 4.78 is 7.54. The van der Waals surface area contributed by atoms with Crippen LogP contribution in [-0.4, -0.2) is 28.6 Å². The van der Waals surface area contributed by atoms with Crippen LogP contribution in [0.15, 0.2) is 72.9 Å². The van der Waals surface area contributed by atoms with Crippen molar-refractivity contribution < 1.29 is 9.53 Å². The van der Waals surface area contributed by atoms with E-state index in [0.29, 0.717) is 28.0 Å². The van der Waals surface area contributed by atoms with E-state index >= 15 is 0 Å². The molecular formula is C27H25Cl2N3O2. The van der Waals surface area contributed by atoms with E-state index in [1.54, 1.807) is 12.1 Å². The van der Waals surface area contributed by atoms with E-state index in [9.17, 15) is 4.79 Å². The van der Waals surface area contributed by atoms with Crippen LogP contribution < -0.4 is 10.1 Å². The van der Waals surface area contributed by atoms with Crippen LogP contribution in [0.3, 0.4) is 0 Å². The quantitative estimate of drug-likeness (QED) is 0.308. The van der Waals surface area contributed by atoms with Crippen molar-refractivity contribution >= 4 is 45.9 Å². The Morgan fingerprint density at radius 1 is 0.912 bits per heavy atom. The summed E-state index contributed by atoms with van der Waals surface area (Å²) in [7, 11) is 0. The van der Waals surface area contributed by atoms with Gasteiger partial charge in [0.25, 0.3) is 0 Å². The van der Waals surface area contributed by atoms with Crippen molar-refractivity contribution in [2.45, 2.75) is 25.9 Å². The van der Waals surface area contributed by atoms with Crippen LogP contribution >= 0.6 is 23.2 Å². The maximum atomic E-state index is 12.4. The number of amides is 1. The number of ether oxygens (including phenoxy) is 1. The summed E-state index contributed by atoms with van der Waals surface area (Å²) in [5, 5.41) is 5.26. The number of para-hydroxylation sites is 1. The molecule has 1 amide bonds. The molecule has 1 fully saturated rings. The number of likely N-dealkylation sites (tertiary alicyclic amines) is 1. The second-order valence-electron chi connectivity index (χ2n) is 8.53. The van der Waals surface area contributed by atoms with E-state index in [-0.39, 0.29) is 0 Å². The summed E-state index contributed by atoms with van der Waals surface area (Å²) in [6, 6.07) is 20.5. The topological polar surface area (TPSA) is 46.5 Å². The molecule has 0 unspecified atom stereocenters. The van der Waals surface area contributed by atoms with Crippen molar-refractivity contribution in [3.8, 4) is 5.75 Å². The van der Waals surface area contributed by atoms with Crippen LogP contribution in [0.1, 0.15) is 24.0 Å². The van der Waals surface area contributed by atoms with Crippen molar-refractivity contribution in [1.29, 1.82) is 0 Å². The molecule has 0 radical (unpaired) electrons. The normalized spacial score (nSPS) is 13.9. The average Bonchev–Trinajstić information content (AvgIpc) is 3.45. The predicted molar refractivity (Wildman–Crippen MR) is 138 cm³/mol. The minimum Gasteiger partial charge on any atom is -0.410 e. The monoisotopic (exact) mass is 493 g/mol. The van der Waals surface area contributed by atoms with Gasteiger partial charge in [-0.25, -0.2) is 4.79 Å². The van der Waals surface area contributed by atoms with Gasteiger partial charge in [-0.1, -0.05) is 53.5 Å². The molecule has 7 heteroatoms. The smallest absolute Gasteiger partial charge is 0.410 e. The Labute approximate surface area is 208 Å². The number of hydrogen-bond acceptors (Lipinski definition) is 3. The fraction of sp³-hybridized carbons (Fsp3) is 0.222. The third-order valence-corrected chi connectivity index (χ3v) is 6.86. The highest BCUT2D eigenvalue weighted by Crippen LogP contribution is 2.31. The number of aromatic nitrogens is 1. The zero-order valence-electron chi connectivity index (χ0n) is 18.6. The van der Waals surface area contributed by atoms with Crippen LogP contribution in [0.2, 0.25) is 10.0 Å². The molecule has 5 rings (SSSR count). The van der Waals surface area contributed by atoms with Crippen LogP contribution in [0.4, 0.5) is 10.5 Å². The van der Waals surface area contributed by atoms with E-state index < -0.39 is 6.09 Å². The minimum absolute atomic E-state index is 0.491. The van der Waals surface area contributed by atoms with E-state index in [0.717, 1.165) is 36.1 Å². The molecule has 174 valence electrons. The van der Waals surface area contributed by atoms with Crippen LogP contribution in [0.25, 0.3) is 10.9 Å². The third-order valence-electron chi connectivity index (χ3n) is 6.15. The number of nitrogens with zero attached hydrogens (tertiary/aromatic N) is 2. The number of benzene rings is 3. The summed E-state index contributed by atoms with van der Waals surface area (Å²) in [4.78, 5) is 14.9. The van der Waals surface area contributed by atoms with E-state index in [2.05, 4.69) is 27.0 Å². The molecule has 1 aliphatic heterocycles. The number of hydrogen-bond donors (Lipinski definition) is 1. The lowest BCUT2D eigenvalue weighted by atomic mass is 10.1. The van der Waals surface area contributed by atoms with E-state index in [1.165, 1.54) is 18.4 Å². The summed E-state index contributed by atoms with van der Waals surface area (Å²) in [5.74, 6) is 0.491. The van der Waals surface area contributed by atoms with Gasteiger partial charge >= 0.3 is 6.09 Å². The molecule has 4 aromatic rings. The third kappa shape index (κ3) is 5.07. The minimum atomic E-state index is -0.532. The zero-order valence-corrected chi connectivity index (χ0v) is 20.1. The molecule has 2 heterocycles. The summed E-state index contributed by atoms with van der Waals surface area (Å²) >= 11 is 12.9. The first-order valence-electron chi connectivity index (χ1n) is 11.4. The second kappa shape index (κ2) is 10.1. The molecule has 0 saturated carbocycles.